The van der Waals surface area contributed by atoms with Crippen LogP contribution in [0, 0.1) is 0 Å². The normalized spacial score (nSPS) is 12.9. The van der Waals surface area contributed by atoms with E-state index in [0.29, 0.717) is 19.4 Å². The fourth-order valence-corrected chi connectivity index (χ4v) is 7.80. The Morgan fingerprint density at radius 2 is 0.662 bits per heavy atom. The molecule has 0 rings (SSSR count). The highest BCUT2D eigenvalue weighted by Gasteiger charge is 2.17. The van der Waals surface area contributed by atoms with Crippen LogP contribution in [-0.2, 0) is 23.8 Å². The molecule has 1 atom stereocenters. The van der Waals surface area contributed by atoms with E-state index in [1.807, 2.05) is 0 Å². The topological polar surface area (TPSA) is 61.8 Å². The van der Waals surface area contributed by atoms with E-state index in [1.165, 1.54) is 135 Å². The van der Waals surface area contributed by atoms with Gasteiger partial charge in [-0.05, 0) is 122 Å². The van der Waals surface area contributed by atoms with Crippen molar-refractivity contribution in [2.45, 2.75) is 271 Å². The number of allylic oxidation sites excluding steroid dienone is 16. The molecule has 390 valence electrons. The number of ether oxygens (including phenoxy) is 3. The summed E-state index contributed by atoms with van der Waals surface area (Å²) in [6.07, 6.45) is 78.6. The second kappa shape index (κ2) is 58.1. The highest BCUT2D eigenvalue weighted by Crippen LogP contribution is 2.14. The minimum absolute atomic E-state index is 0.0565. The molecule has 0 radical (unpaired) electrons. The van der Waals surface area contributed by atoms with Crippen molar-refractivity contribution in [3.8, 4) is 0 Å². The highest BCUT2D eigenvalue weighted by atomic mass is 16.6. The van der Waals surface area contributed by atoms with E-state index >= 15 is 0 Å². The number of esters is 2. The first-order valence-corrected chi connectivity index (χ1v) is 28.8. The van der Waals surface area contributed by atoms with Gasteiger partial charge >= 0.3 is 11.9 Å². The molecule has 0 heterocycles. The monoisotopic (exact) mass is 945 g/mol. The van der Waals surface area contributed by atoms with Gasteiger partial charge in [-0.1, -0.05) is 227 Å². The SMILES string of the molecule is CC/C=C\C/C=C\C/C=C\C/C=C\CCCCC(=O)OC(COCCCCCCCCCC/C=C\CCCCCCCC)COC(=O)CCCCCCCC/C=C\C/C=C\C/C=C\CCCCC. The fourth-order valence-electron chi connectivity index (χ4n) is 7.80. The molecular weight excluding hydrogens is 837 g/mol. The molecule has 0 aliphatic rings. The lowest BCUT2D eigenvalue weighted by Gasteiger charge is -2.18. The van der Waals surface area contributed by atoms with Crippen LogP contribution in [0.3, 0.4) is 0 Å². The Morgan fingerprint density at radius 1 is 0.338 bits per heavy atom. The summed E-state index contributed by atoms with van der Waals surface area (Å²) in [6.45, 7) is 7.63. The third-order valence-corrected chi connectivity index (χ3v) is 12.1. The number of unbranched alkanes of at least 4 members (excludes halogenated alkanes) is 25. The van der Waals surface area contributed by atoms with Crippen molar-refractivity contribution < 1.29 is 23.8 Å². The zero-order valence-corrected chi connectivity index (χ0v) is 44.8. The van der Waals surface area contributed by atoms with E-state index in [4.69, 9.17) is 14.2 Å². The molecule has 0 saturated heterocycles. The molecule has 0 aromatic carbocycles. The molecule has 0 aliphatic carbocycles. The summed E-state index contributed by atoms with van der Waals surface area (Å²) in [5.74, 6) is -0.459. The molecule has 0 bridgehead atoms. The summed E-state index contributed by atoms with van der Waals surface area (Å²) >= 11 is 0. The van der Waals surface area contributed by atoms with E-state index in [0.717, 1.165) is 96.3 Å². The van der Waals surface area contributed by atoms with Crippen molar-refractivity contribution in [1.29, 1.82) is 0 Å². The Morgan fingerprint density at radius 3 is 1.13 bits per heavy atom. The van der Waals surface area contributed by atoms with Crippen LogP contribution in [-0.4, -0.2) is 37.9 Å². The quantitative estimate of drug-likeness (QED) is 0.0345. The zero-order valence-electron chi connectivity index (χ0n) is 44.8. The maximum Gasteiger partial charge on any atom is 0.306 e. The van der Waals surface area contributed by atoms with Gasteiger partial charge in [0.25, 0.3) is 0 Å². The molecule has 5 nitrogen and oxygen atoms in total. The summed E-state index contributed by atoms with van der Waals surface area (Å²) in [4.78, 5) is 25.5. The van der Waals surface area contributed by atoms with E-state index in [1.54, 1.807) is 0 Å². The van der Waals surface area contributed by atoms with Crippen molar-refractivity contribution in [3.05, 3.63) is 97.2 Å². The van der Waals surface area contributed by atoms with E-state index in [2.05, 4.69) is 118 Å². The second-order valence-corrected chi connectivity index (χ2v) is 18.8. The molecular formula is C63H108O5. The lowest BCUT2D eigenvalue weighted by molar-refractivity contribution is -0.163. The standard InChI is InChI=1S/C63H108O5/c1-4-7-10-13-16-19-22-25-28-30-32-33-36-38-41-44-47-50-53-56-62(64)67-60-61(68-63(65)57-54-51-48-45-42-39-35-27-24-21-18-15-12-9-6-3)59-66-58-55-52-49-46-43-40-37-34-31-29-26-23-20-17-14-11-8-5-2/h9,12,16,18-19,21,25-29,32-33,35,42,45,61H,4-8,10-11,13-15,17,20,22-24,30-31,34,36-41,43-44,46-60H2,1-3H3/b12-9-,19-16-,21-18-,28-25-,29-26-,33-32-,35-27-,45-42-. The van der Waals surface area contributed by atoms with Crippen LogP contribution in [0.15, 0.2) is 97.2 Å². The summed E-state index contributed by atoms with van der Waals surface area (Å²) in [5.41, 5.74) is 0. The van der Waals surface area contributed by atoms with Gasteiger partial charge < -0.3 is 14.2 Å². The van der Waals surface area contributed by atoms with Crippen molar-refractivity contribution in [1.82, 2.24) is 0 Å². The Labute approximate surface area is 422 Å². The van der Waals surface area contributed by atoms with Gasteiger partial charge in [-0.2, -0.15) is 0 Å². The summed E-state index contributed by atoms with van der Waals surface area (Å²) in [5, 5.41) is 0. The third kappa shape index (κ3) is 55.4. The first-order valence-electron chi connectivity index (χ1n) is 28.8. The zero-order chi connectivity index (χ0) is 49.2. The van der Waals surface area contributed by atoms with Crippen molar-refractivity contribution in [2.24, 2.45) is 0 Å². The summed E-state index contributed by atoms with van der Waals surface area (Å²) in [6, 6.07) is 0. The summed E-state index contributed by atoms with van der Waals surface area (Å²) < 4.78 is 17.4. The van der Waals surface area contributed by atoms with Crippen LogP contribution in [0.5, 0.6) is 0 Å². The average molecular weight is 946 g/mol. The number of rotatable bonds is 52. The van der Waals surface area contributed by atoms with Crippen molar-refractivity contribution in [3.63, 3.8) is 0 Å². The molecule has 0 spiro atoms. The molecule has 1 unspecified atom stereocenters. The number of carbonyl (C=O) groups is 2. The first-order chi connectivity index (χ1) is 33.6. The third-order valence-electron chi connectivity index (χ3n) is 12.1. The van der Waals surface area contributed by atoms with Crippen LogP contribution in [0.1, 0.15) is 265 Å². The molecule has 0 N–H and O–H groups in total. The van der Waals surface area contributed by atoms with Gasteiger partial charge in [-0.25, -0.2) is 0 Å². The number of hydrogen-bond donors (Lipinski definition) is 0. The minimum atomic E-state index is -0.571. The Balaban J connectivity index is 4.36. The van der Waals surface area contributed by atoms with Gasteiger partial charge in [0.1, 0.15) is 6.61 Å². The molecule has 0 aromatic rings. The molecule has 0 saturated carbocycles. The van der Waals surface area contributed by atoms with Crippen LogP contribution >= 0.6 is 0 Å². The lowest BCUT2D eigenvalue weighted by Crippen LogP contribution is -2.30. The van der Waals surface area contributed by atoms with Crippen LogP contribution in [0.4, 0.5) is 0 Å². The van der Waals surface area contributed by atoms with Crippen LogP contribution in [0.25, 0.3) is 0 Å². The van der Waals surface area contributed by atoms with Crippen LogP contribution < -0.4 is 0 Å². The maximum absolute atomic E-state index is 12.8. The predicted octanol–water partition coefficient (Wildman–Crippen LogP) is 19.8. The van der Waals surface area contributed by atoms with Crippen molar-refractivity contribution in [2.75, 3.05) is 19.8 Å². The van der Waals surface area contributed by atoms with E-state index < -0.39 is 6.10 Å². The fraction of sp³-hybridized carbons (Fsp3) is 0.714. The molecule has 68 heavy (non-hydrogen) atoms. The molecule has 0 aliphatic heterocycles. The first kappa shape index (κ1) is 64.8. The Hall–Kier alpha value is -3.18. The average Bonchev–Trinajstić information content (AvgIpc) is 3.34. The van der Waals surface area contributed by atoms with Crippen LogP contribution in [0.2, 0.25) is 0 Å². The molecule has 0 aromatic heterocycles. The largest absolute Gasteiger partial charge is 0.462 e. The van der Waals surface area contributed by atoms with Gasteiger partial charge in [0.2, 0.25) is 0 Å². The smallest absolute Gasteiger partial charge is 0.306 e. The van der Waals surface area contributed by atoms with Gasteiger partial charge in [-0.3, -0.25) is 9.59 Å². The Bertz CT molecular complexity index is 1300. The van der Waals surface area contributed by atoms with Gasteiger partial charge in [-0.15, -0.1) is 0 Å². The van der Waals surface area contributed by atoms with Gasteiger partial charge in [0.05, 0.1) is 6.61 Å². The maximum atomic E-state index is 12.8. The predicted molar refractivity (Wildman–Crippen MR) is 297 cm³/mol. The van der Waals surface area contributed by atoms with E-state index in [9.17, 15) is 9.59 Å². The highest BCUT2D eigenvalue weighted by molar-refractivity contribution is 5.70. The Kier molecular flexibility index (Phi) is 55.4. The number of carbonyl (C=O) groups excluding carboxylic acids is 2. The molecule has 0 amide bonds. The number of hydrogen-bond acceptors (Lipinski definition) is 5. The summed E-state index contributed by atoms with van der Waals surface area (Å²) in [7, 11) is 0. The van der Waals surface area contributed by atoms with Gasteiger partial charge in [0.15, 0.2) is 6.10 Å². The lowest BCUT2D eigenvalue weighted by atomic mass is 10.1. The van der Waals surface area contributed by atoms with Gasteiger partial charge in [0, 0.05) is 19.4 Å². The molecule has 5 heteroatoms. The molecule has 0 fully saturated rings. The minimum Gasteiger partial charge on any atom is -0.462 e. The van der Waals surface area contributed by atoms with E-state index in [-0.39, 0.29) is 25.2 Å². The van der Waals surface area contributed by atoms with Crippen molar-refractivity contribution >= 4 is 11.9 Å². The second-order valence-electron chi connectivity index (χ2n) is 18.8.